The predicted octanol–water partition coefficient (Wildman–Crippen LogP) is 1.59. The fourth-order valence-corrected chi connectivity index (χ4v) is 3.80. The molecule has 0 aliphatic heterocycles. The highest BCUT2D eigenvalue weighted by molar-refractivity contribution is 5.73. The van der Waals surface area contributed by atoms with Crippen LogP contribution in [0.15, 0.2) is 0 Å². The Morgan fingerprint density at radius 3 is 2.32 bits per heavy atom. The number of ether oxygens (including phenoxy) is 1. The van der Waals surface area contributed by atoms with Crippen LogP contribution in [0.3, 0.4) is 0 Å². The van der Waals surface area contributed by atoms with Crippen LogP contribution in [0.25, 0.3) is 0 Å². The van der Waals surface area contributed by atoms with Gasteiger partial charge in [0.1, 0.15) is 0 Å². The van der Waals surface area contributed by atoms with Gasteiger partial charge >= 0.3 is 0 Å². The van der Waals surface area contributed by atoms with Gasteiger partial charge in [0.2, 0.25) is 5.91 Å². The van der Waals surface area contributed by atoms with Crippen LogP contribution in [0, 0.1) is 5.41 Å². The van der Waals surface area contributed by atoms with Gasteiger partial charge in [-0.05, 0) is 32.6 Å². The largest absolute Gasteiger partial charge is 0.388 e. The van der Waals surface area contributed by atoms with Gasteiger partial charge in [0.15, 0.2) is 0 Å². The molecule has 2 aliphatic carbocycles. The molecule has 22 heavy (non-hydrogen) atoms. The number of aliphatic hydroxyl groups is 1. The Balaban J connectivity index is 1.74. The Bertz CT molecular complexity index is 391. The molecule has 0 aromatic rings. The molecule has 2 atom stereocenters. The third-order valence-electron chi connectivity index (χ3n) is 5.71. The van der Waals surface area contributed by atoms with E-state index in [1.165, 1.54) is 0 Å². The molecule has 0 heterocycles. The minimum atomic E-state index is -0.679. The molecular weight excluding hydrogens is 280 g/mol. The predicted molar refractivity (Wildman–Crippen MR) is 86.6 cm³/mol. The minimum Gasteiger partial charge on any atom is -0.388 e. The molecule has 0 spiro atoms. The van der Waals surface area contributed by atoms with E-state index in [4.69, 9.17) is 4.74 Å². The molecule has 1 amide bonds. The number of amides is 1. The number of rotatable bonds is 6. The second kappa shape index (κ2) is 6.85. The number of carbonyl (C=O) groups is 1. The van der Waals surface area contributed by atoms with Gasteiger partial charge in [-0.3, -0.25) is 4.79 Å². The number of hydrogen-bond donors (Lipinski definition) is 3. The molecule has 2 fully saturated rings. The van der Waals surface area contributed by atoms with Crippen molar-refractivity contribution in [1.29, 1.82) is 0 Å². The fraction of sp³-hybridized carbons (Fsp3) is 0.941. The zero-order valence-electron chi connectivity index (χ0n) is 14.4. The Labute approximate surface area is 134 Å². The van der Waals surface area contributed by atoms with E-state index < -0.39 is 5.60 Å². The molecule has 5 nitrogen and oxygen atoms in total. The van der Waals surface area contributed by atoms with E-state index in [-0.39, 0.29) is 17.4 Å². The molecule has 0 bridgehead atoms. The number of hydrogen-bond acceptors (Lipinski definition) is 4. The summed E-state index contributed by atoms with van der Waals surface area (Å²) in [6.07, 6.45) is 5.00. The van der Waals surface area contributed by atoms with Crippen LogP contribution >= 0.6 is 0 Å². The van der Waals surface area contributed by atoms with Crippen molar-refractivity contribution in [3.05, 3.63) is 0 Å². The van der Waals surface area contributed by atoms with E-state index in [2.05, 4.69) is 24.5 Å². The van der Waals surface area contributed by atoms with Crippen LogP contribution in [0.5, 0.6) is 0 Å². The molecule has 3 N–H and O–H groups in total. The summed E-state index contributed by atoms with van der Waals surface area (Å²) in [5.74, 6) is 0.0592. The van der Waals surface area contributed by atoms with Crippen molar-refractivity contribution in [3.63, 3.8) is 0 Å². The number of nitrogens with one attached hydrogen (secondary N) is 2. The van der Waals surface area contributed by atoms with Crippen molar-refractivity contribution in [2.24, 2.45) is 5.41 Å². The second-order valence-electron chi connectivity index (χ2n) is 7.53. The molecule has 0 aromatic heterocycles. The van der Waals surface area contributed by atoms with Gasteiger partial charge < -0.3 is 20.5 Å². The maximum Gasteiger partial charge on any atom is 0.217 e. The van der Waals surface area contributed by atoms with Gasteiger partial charge in [-0.15, -0.1) is 0 Å². The second-order valence-corrected chi connectivity index (χ2v) is 7.53. The van der Waals surface area contributed by atoms with E-state index in [0.29, 0.717) is 31.7 Å². The maximum absolute atomic E-state index is 11.1. The summed E-state index contributed by atoms with van der Waals surface area (Å²) in [7, 11) is 0. The van der Waals surface area contributed by atoms with Crippen molar-refractivity contribution in [3.8, 4) is 0 Å². The summed E-state index contributed by atoms with van der Waals surface area (Å²) in [6, 6.07) is 0.761. The standard InChI is InChI=1S/C17H32N2O3/c1-5-22-15-10-17(21,16(15,3)4)11-18-13-6-8-14(9-7-13)19-12(2)20/h13-15,18,21H,5-11H2,1-4H3,(H,19,20)/t13?,14?,15-,17-/m0/s1. The summed E-state index contributed by atoms with van der Waals surface area (Å²) in [4.78, 5) is 11.1. The summed E-state index contributed by atoms with van der Waals surface area (Å²) in [5.41, 5.74) is -0.884. The molecule has 0 aromatic carbocycles. The third-order valence-corrected chi connectivity index (χ3v) is 5.71. The lowest BCUT2D eigenvalue weighted by atomic mass is 9.56. The molecule has 5 heteroatoms. The fourth-order valence-electron chi connectivity index (χ4n) is 3.80. The molecule has 0 unspecified atom stereocenters. The van der Waals surface area contributed by atoms with Crippen LogP contribution in [-0.4, -0.2) is 48.0 Å². The lowest BCUT2D eigenvalue weighted by Gasteiger charge is -2.58. The molecule has 2 saturated carbocycles. The molecule has 2 rings (SSSR count). The normalized spacial score (nSPS) is 37.4. The summed E-state index contributed by atoms with van der Waals surface area (Å²) < 4.78 is 5.70. The first-order chi connectivity index (χ1) is 10.3. The van der Waals surface area contributed by atoms with Gasteiger partial charge in [0, 0.05) is 44.0 Å². The van der Waals surface area contributed by atoms with Crippen molar-refractivity contribution in [1.82, 2.24) is 10.6 Å². The lowest BCUT2D eigenvalue weighted by molar-refractivity contribution is -0.238. The highest BCUT2D eigenvalue weighted by Gasteiger charge is 2.59. The SMILES string of the molecule is CCO[C@H]1C[C@](O)(CNC2CCC(NC(C)=O)CC2)C1(C)C. The monoisotopic (exact) mass is 312 g/mol. The molecule has 0 saturated heterocycles. The highest BCUT2D eigenvalue weighted by Crippen LogP contribution is 2.51. The average molecular weight is 312 g/mol. The summed E-state index contributed by atoms with van der Waals surface area (Å²) in [5, 5.41) is 17.4. The smallest absolute Gasteiger partial charge is 0.217 e. The lowest BCUT2D eigenvalue weighted by Crippen LogP contribution is -2.69. The third kappa shape index (κ3) is 3.63. The molecule has 128 valence electrons. The summed E-state index contributed by atoms with van der Waals surface area (Å²) in [6.45, 7) is 9.08. The summed E-state index contributed by atoms with van der Waals surface area (Å²) >= 11 is 0. The van der Waals surface area contributed by atoms with Gasteiger partial charge in [0.25, 0.3) is 0 Å². The topological polar surface area (TPSA) is 70.6 Å². The van der Waals surface area contributed by atoms with Crippen molar-refractivity contribution < 1.29 is 14.6 Å². The minimum absolute atomic E-state index is 0.0592. The first-order valence-electron chi connectivity index (χ1n) is 8.63. The van der Waals surface area contributed by atoms with Crippen molar-refractivity contribution in [2.75, 3.05) is 13.2 Å². The maximum atomic E-state index is 11.1. The zero-order valence-corrected chi connectivity index (χ0v) is 14.4. The molecular formula is C17H32N2O3. The van der Waals surface area contributed by atoms with Crippen molar-refractivity contribution in [2.45, 2.75) is 83.6 Å². The van der Waals surface area contributed by atoms with E-state index in [0.717, 1.165) is 25.7 Å². The first-order valence-corrected chi connectivity index (χ1v) is 8.63. The Morgan fingerprint density at radius 1 is 1.23 bits per heavy atom. The van der Waals surface area contributed by atoms with E-state index >= 15 is 0 Å². The van der Waals surface area contributed by atoms with Crippen LogP contribution < -0.4 is 10.6 Å². The van der Waals surface area contributed by atoms with Gasteiger partial charge in [0.05, 0.1) is 11.7 Å². The van der Waals surface area contributed by atoms with Crippen LogP contribution in [0.1, 0.15) is 59.8 Å². The van der Waals surface area contributed by atoms with Crippen LogP contribution in [-0.2, 0) is 9.53 Å². The van der Waals surface area contributed by atoms with E-state index in [1.54, 1.807) is 6.92 Å². The quantitative estimate of drug-likeness (QED) is 0.696. The molecule has 2 aliphatic rings. The Kier molecular flexibility index (Phi) is 5.51. The molecule has 0 radical (unpaired) electrons. The van der Waals surface area contributed by atoms with E-state index in [9.17, 15) is 9.90 Å². The van der Waals surface area contributed by atoms with E-state index in [1.807, 2.05) is 6.92 Å². The first kappa shape index (κ1) is 17.7. The van der Waals surface area contributed by atoms with Gasteiger partial charge in [-0.1, -0.05) is 13.8 Å². The number of carbonyl (C=O) groups excluding carboxylic acids is 1. The zero-order chi connectivity index (χ0) is 16.4. The van der Waals surface area contributed by atoms with Gasteiger partial charge in [-0.2, -0.15) is 0 Å². The van der Waals surface area contributed by atoms with Crippen LogP contribution in [0.2, 0.25) is 0 Å². The Hall–Kier alpha value is -0.650. The van der Waals surface area contributed by atoms with Crippen LogP contribution in [0.4, 0.5) is 0 Å². The highest BCUT2D eigenvalue weighted by atomic mass is 16.5. The Morgan fingerprint density at radius 2 is 1.82 bits per heavy atom. The van der Waals surface area contributed by atoms with Gasteiger partial charge in [-0.25, -0.2) is 0 Å². The average Bonchev–Trinajstić information content (AvgIpc) is 2.46. The van der Waals surface area contributed by atoms with Crippen molar-refractivity contribution >= 4 is 5.91 Å².